The molecule has 0 amide bonds. The number of hydrogen-bond acceptors (Lipinski definition) is 2. The molecular formula is C12H13NO. The second-order valence-electron chi connectivity index (χ2n) is 3.61. The summed E-state index contributed by atoms with van der Waals surface area (Å²) in [4.78, 5) is 13.7. The highest BCUT2D eigenvalue weighted by Crippen LogP contribution is 2.29. The van der Waals surface area contributed by atoms with E-state index in [2.05, 4.69) is 0 Å². The van der Waals surface area contributed by atoms with E-state index in [0.29, 0.717) is 0 Å². The molecule has 0 radical (unpaired) electrons. The predicted octanol–water partition coefficient (Wildman–Crippen LogP) is 2.15. The van der Waals surface area contributed by atoms with Gasteiger partial charge in [-0.2, -0.15) is 0 Å². The first-order valence-corrected chi connectivity index (χ1v) is 4.70. The minimum Gasteiger partial charge on any atom is -0.364 e. The normalized spacial score (nSPS) is 21.3. The summed E-state index contributed by atoms with van der Waals surface area (Å²) < 4.78 is 0. The molecule has 72 valence electrons. The van der Waals surface area contributed by atoms with Crippen LogP contribution in [0, 0.1) is 0 Å². The van der Waals surface area contributed by atoms with Gasteiger partial charge in [0.25, 0.3) is 0 Å². The lowest BCUT2D eigenvalue weighted by molar-refractivity contribution is -0.117. The number of rotatable bonds is 1. The molecule has 1 aliphatic rings. The second kappa shape index (κ2) is 3.29. The molecule has 1 unspecified atom stereocenters. The Kier molecular flexibility index (Phi) is 2.12. The van der Waals surface area contributed by atoms with Crippen molar-refractivity contribution >= 4 is 5.78 Å². The average molecular weight is 187 g/mol. The van der Waals surface area contributed by atoms with Crippen molar-refractivity contribution < 1.29 is 4.79 Å². The van der Waals surface area contributed by atoms with Crippen molar-refractivity contribution in [3.63, 3.8) is 0 Å². The lowest BCUT2D eigenvalue weighted by atomic mass is 10.0. The first-order valence-electron chi connectivity index (χ1n) is 4.70. The van der Waals surface area contributed by atoms with Crippen LogP contribution >= 0.6 is 0 Å². The van der Waals surface area contributed by atoms with E-state index in [1.165, 1.54) is 0 Å². The monoisotopic (exact) mass is 187 g/mol. The highest BCUT2D eigenvalue weighted by molar-refractivity contribution is 5.97. The molecule has 0 aromatic heterocycles. The third kappa shape index (κ3) is 1.33. The summed E-state index contributed by atoms with van der Waals surface area (Å²) in [6, 6.07) is 9.75. The maximum Gasteiger partial charge on any atom is 0.184 e. The van der Waals surface area contributed by atoms with E-state index >= 15 is 0 Å². The van der Waals surface area contributed by atoms with Gasteiger partial charge >= 0.3 is 0 Å². The number of carbonyl (C=O) groups is 1. The Bertz CT molecular complexity index is 381. The van der Waals surface area contributed by atoms with Gasteiger partial charge in [-0.05, 0) is 12.5 Å². The largest absolute Gasteiger partial charge is 0.364 e. The van der Waals surface area contributed by atoms with Crippen LogP contribution in [0.4, 0.5) is 0 Å². The van der Waals surface area contributed by atoms with Crippen molar-refractivity contribution in [2.75, 3.05) is 7.05 Å². The van der Waals surface area contributed by atoms with E-state index in [4.69, 9.17) is 0 Å². The van der Waals surface area contributed by atoms with Crippen LogP contribution in [0.1, 0.15) is 18.5 Å². The standard InChI is InChI=1S/C12H13NO/c1-9-8-11(14)12(13(9)2)10-6-4-3-5-7-10/h3-8,12H,1-2H3. The van der Waals surface area contributed by atoms with Crippen LogP contribution in [-0.4, -0.2) is 17.7 Å². The number of hydrogen-bond donors (Lipinski definition) is 0. The molecule has 1 aliphatic heterocycles. The van der Waals surface area contributed by atoms with Gasteiger partial charge < -0.3 is 4.90 Å². The summed E-state index contributed by atoms with van der Waals surface area (Å²) in [6.45, 7) is 1.96. The molecule has 1 atom stereocenters. The minimum absolute atomic E-state index is 0.115. The molecule has 0 aliphatic carbocycles. The number of likely N-dealkylation sites (N-methyl/N-ethyl adjacent to an activating group) is 1. The van der Waals surface area contributed by atoms with Crippen LogP contribution in [0.25, 0.3) is 0 Å². The van der Waals surface area contributed by atoms with Crippen molar-refractivity contribution in [2.45, 2.75) is 13.0 Å². The molecular weight excluding hydrogens is 174 g/mol. The highest BCUT2D eigenvalue weighted by Gasteiger charge is 2.29. The first kappa shape index (κ1) is 9.00. The van der Waals surface area contributed by atoms with E-state index in [0.717, 1.165) is 11.3 Å². The Labute approximate surface area is 83.8 Å². The molecule has 1 heterocycles. The molecule has 14 heavy (non-hydrogen) atoms. The van der Waals surface area contributed by atoms with Crippen LogP contribution in [0.15, 0.2) is 42.1 Å². The summed E-state index contributed by atoms with van der Waals surface area (Å²) in [6.07, 6.45) is 1.71. The van der Waals surface area contributed by atoms with Gasteiger partial charge in [0.05, 0.1) is 0 Å². The average Bonchev–Trinajstić information content (AvgIpc) is 2.43. The fraction of sp³-hybridized carbons (Fsp3) is 0.250. The van der Waals surface area contributed by atoms with Crippen LogP contribution in [-0.2, 0) is 4.79 Å². The van der Waals surface area contributed by atoms with Crippen molar-refractivity contribution in [1.82, 2.24) is 4.90 Å². The van der Waals surface area contributed by atoms with Gasteiger partial charge in [0, 0.05) is 18.8 Å². The fourth-order valence-electron chi connectivity index (χ4n) is 1.80. The Balaban J connectivity index is 2.34. The number of carbonyl (C=O) groups excluding carboxylic acids is 1. The third-order valence-electron chi connectivity index (χ3n) is 2.68. The van der Waals surface area contributed by atoms with Gasteiger partial charge in [-0.3, -0.25) is 4.79 Å². The molecule has 0 bridgehead atoms. The lowest BCUT2D eigenvalue weighted by Gasteiger charge is -2.22. The Morgan fingerprint density at radius 3 is 2.36 bits per heavy atom. The molecule has 0 N–H and O–H groups in total. The van der Waals surface area contributed by atoms with Crippen LogP contribution < -0.4 is 0 Å². The topological polar surface area (TPSA) is 20.3 Å². The summed E-state index contributed by atoms with van der Waals surface area (Å²) in [5, 5.41) is 0. The maximum atomic E-state index is 11.7. The summed E-state index contributed by atoms with van der Waals surface area (Å²) in [5.41, 5.74) is 2.09. The molecule has 1 aromatic carbocycles. The van der Waals surface area contributed by atoms with Gasteiger partial charge in [-0.15, -0.1) is 0 Å². The molecule has 1 aromatic rings. The summed E-state index contributed by atoms with van der Waals surface area (Å²) in [5.74, 6) is 0.177. The van der Waals surface area contributed by atoms with E-state index in [-0.39, 0.29) is 11.8 Å². The van der Waals surface area contributed by atoms with Crippen LogP contribution in [0.3, 0.4) is 0 Å². The summed E-state index contributed by atoms with van der Waals surface area (Å²) >= 11 is 0. The Morgan fingerprint density at radius 1 is 1.21 bits per heavy atom. The smallest absolute Gasteiger partial charge is 0.184 e. The number of allylic oxidation sites excluding steroid dienone is 1. The predicted molar refractivity (Wildman–Crippen MR) is 55.7 cm³/mol. The zero-order valence-corrected chi connectivity index (χ0v) is 8.40. The van der Waals surface area contributed by atoms with Gasteiger partial charge in [0.15, 0.2) is 5.78 Å². The Morgan fingerprint density at radius 2 is 1.86 bits per heavy atom. The van der Waals surface area contributed by atoms with Gasteiger partial charge in [0.2, 0.25) is 0 Å². The fourth-order valence-corrected chi connectivity index (χ4v) is 1.80. The number of ketones is 1. The van der Waals surface area contributed by atoms with E-state index in [1.807, 2.05) is 49.2 Å². The lowest BCUT2D eigenvalue weighted by Crippen LogP contribution is -2.21. The molecule has 2 rings (SSSR count). The molecule has 2 nitrogen and oxygen atoms in total. The van der Waals surface area contributed by atoms with Crippen molar-refractivity contribution in [1.29, 1.82) is 0 Å². The molecule has 0 fully saturated rings. The summed E-state index contributed by atoms with van der Waals surface area (Å²) in [7, 11) is 1.95. The molecule has 0 saturated carbocycles. The van der Waals surface area contributed by atoms with Crippen molar-refractivity contribution in [2.24, 2.45) is 0 Å². The quantitative estimate of drug-likeness (QED) is 0.671. The molecule has 0 saturated heterocycles. The zero-order valence-electron chi connectivity index (χ0n) is 8.40. The van der Waals surface area contributed by atoms with Crippen molar-refractivity contribution in [3.8, 4) is 0 Å². The van der Waals surface area contributed by atoms with Crippen molar-refractivity contribution in [3.05, 3.63) is 47.7 Å². The number of benzene rings is 1. The SMILES string of the molecule is CC1=CC(=O)C(c2ccccc2)N1C. The van der Waals surface area contributed by atoms with E-state index in [1.54, 1.807) is 6.08 Å². The second-order valence-corrected chi connectivity index (χ2v) is 3.61. The van der Waals surface area contributed by atoms with Gasteiger partial charge in [0.1, 0.15) is 6.04 Å². The molecule has 0 spiro atoms. The van der Waals surface area contributed by atoms with Crippen LogP contribution in [0.2, 0.25) is 0 Å². The maximum absolute atomic E-state index is 11.7. The van der Waals surface area contributed by atoms with E-state index in [9.17, 15) is 4.79 Å². The number of nitrogens with zero attached hydrogens (tertiary/aromatic N) is 1. The zero-order chi connectivity index (χ0) is 10.1. The highest BCUT2D eigenvalue weighted by atomic mass is 16.1. The first-order chi connectivity index (χ1) is 6.70. The van der Waals surface area contributed by atoms with Gasteiger partial charge in [-0.1, -0.05) is 30.3 Å². The minimum atomic E-state index is -0.115. The molecule has 2 heteroatoms. The van der Waals surface area contributed by atoms with Crippen LogP contribution in [0.5, 0.6) is 0 Å². The van der Waals surface area contributed by atoms with E-state index < -0.39 is 0 Å². The third-order valence-corrected chi connectivity index (χ3v) is 2.68. The van der Waals surface area contributed by atoms with Gasteiger partial charge in [-0.25, -0.2) is 0 Å². The Hall–Kier alpha value is -1.57.